The summed E-state index contributed by atoms with van der Waals surface area (Å²) in [6, 6.07) is 1.34. The molecule has 1 aromatic heterocycles. The fourth-order valence-electron chi connectivity index (χ4n) is 1.33. The molecule has 0 bridgehead atoms. The topological polar surface area (TPSA) is 59.2 Å². The Morgan fingerprint density at radius 1 is 1.62 bits per heavy atom. The normalized spacial score (nSPS) is 10.2. The van der Waals surface area contributed by atoms with Gasteiger partial charge in [0.2, 0.25) is 0 Å². The quantitative estimate of drug-likeness (QED) is 0.848. The Morgan fingerprint density at radius 2 is 2.31 bits per heavy atom. The summed E-state index contributed by atoms with van der Waals surface area (Å²) in [6.07, 6.45) is 3.21. The Bertz CT molecular complexity index is 381. The minimum absolute atomic E-state index is 0.0221. The van der Waals surface area contributed by atoms with Gasteiger partial charge in [0.05, 0.1) is 5.56 Å². The van der Waals surface area contributed by atoms with E-state index >= 15 is 0 Å². The number of carbonyl (C=O) groups excluding carboxylic acids is 1. The van der Waals surface area contributed by atoms with E-state index in [2.05, 4.69) is 4.98 Å². The molecule has 1 rings (SSSR count). The fourth-order valence-corrected chi connectivity index (χ4v) is 1.33. The minimum atomic E-state index is -0.740. The smallest absolute Gasteiger partial charge is 0.256 e. The molecule has 4 nitrogen and oxygen atoms in total. The first-order chi connectivity index (χ1) is 7.57. The van der Waals surface area contributed by atoms with E-state index in [1.165, 1.54) is 17.2 Å². The Hall–Kier alpha value is -1.65. The van der Waals surface area contributed by atoms with Crippen LogP contribution in [-0.4, -0.2) is 29.4 Å². The van der Waals surface area contributed by atoms with Gasteiger partial charge in [-0.25, -0.2) is 9.37 Å². The molecule has 0 fully saturated rings. The fraction of sp³-hybridized carbons (Fsp3) is 0.455. The van der Waals surface area contributed by atoms with Gasteiger partial charge in [0.1, 0.15) is 0 Å². The highest BCUT2D eigenvalue weighted by molar-refractivity contribution is 5.94. The maximum absolute atomic E-state index is 13.5. The number of halogens is 1. The van der Waals surface area contributed by atoms with Crippen molar-refractivity contribution >= 4 is 11.7 Å². The molecule has 2 N–H and O–H groups in total. The number of anilines is 1. The van der Waals surface area contributed by atoms with Crippen LogP contribution in [0, 0.1) is 5.82 Å². The standard InChI is InChI=1S/C11H16FN3O/c1-3-4-7-15(2)11(16)8-5-6-14-10(13)9(8)12/h5-6H,3-4,7H2,1-2H3,(H2,13,14). The molecule has 0 radical (unpaired) electrons. The molecule has 0 atom stereocenters. The molecule has 0 unspecified atom stereocenters. The van der Waals surface area contributed by atoms with Crippen molar-refractivity contribution in [3.8, 4) is 0 Å². The minimum Gasteiger partial charge on any atom is -0.381 e. The SMILES string of the molecule is CCCCN(C)C(=O)c1ccnc(N)c1F. The van der Waals surface area contributed by atoms with Gasteiger partial charge in [-0.3, -0.25) is 4.79 Å². The van der Waals surface area contributed by atoms with Crippen LogP contribution in [0.5, 0.6) is 0 Å². The van der Waals surface area contributed by atoms with Gasteiger partial charge in [-0.05, 0) is 12.5 Å². The molecule has 0 spiro atoms. The van der Waals surface area contributed by atoms with E-state index in [1.54, 1.807) is 7.05 Å². The van der Waals surface area contributed by atoms with Crippen LogP contribution in [0.1, 0.15) is 30.1 Å². The molecule has 0 aliphatic rings. The van der Waals surface area contributed by atoms with Gasteiger partial charge in [0, 0.05) is 19.8 Å². The Labute approximate surface area is 94.3 Å². The van der Waals surface area contributed by atoms with Crippen LogP contribution in [-0.2, 0) is 0 Å². The van der Waals surface area contributed by atoms with Crippen LogP contribution in [0.4, 0.5) is 10.2 Å². The van der Waals surface area contributed by atoms with Crippen molar-refractivity contribution in [1.82, 2.24) is 9.88 Å². The third kappa shape index (κ3) is 2.68. The number of nitrogen functional groups attached to an aromatic ring is 1. The molecular formula is C11H16FN3O. The molecule has 0 aromatic carbocycles. The van der Waals surface area contributed by atoms with Gasteiger partial charge in [-0.1, -0.05) is 13.3 Å². The zero-order chi connectivity index (χ0) is 12.1. The second-order valence-electron chi connectivity index (χ2n) is 3.64. The Morgan fingerprint density at radius 3 is 2.94 bits per heavy atom. The van der Waals surface area contributed by atoms with Crippen molar-refractivity contribution in [1.29, 1.82) is 0 Å². The first kappa shape index (κ1) is 12.4. The number of unbranched alkanes of at least 4 members (excludes halogenated alkanes) is 1. The number of rotatable bonds is 4. The highest BCUT2D eigenvalue weighted by atomic mass is 19.1. The van der Waals surface area contributed by atoms with E-state index in [9.17, 15) is 9.18 Å². The van der Waals surface area contributed by atoms with Crippen LogP contribution in [0.25, 0.3) is 0 Å². The van der Waals surface area contributed by atoms with Gasteiger partial charge in [0.25, 0.3) is 5.91 Å². The van der Waals surface area contributed by atoms with E-state index < -0.39 is 5.82 Å². The number of hydrogen-bond acceptors (Lipinski definition) is 3. The van der Waals surface area contributed by atoms with Gasteiger partial charge in [-0.15, -0.1) is 0 Å². The third-order valence-electron chi connectivity index (χ3n) is 2.34. The molecule has 5 heteroatoms. The molecule has 0 saturated heterocycles. The summed E-state index contributed by atoms with van der Waals surface area (Å²) < 4.78 is 13.5. The number of nitrogens with zero attached hydrogens (tertiary/aromatic N) is 2. The Balaban J connectivity index is 2.84. The molecular weight excluding hydrogens is 209 g/mol. The van der Waals surface area contributed by atoms with Crippen molar-refractivity contribution in [2.24, 2.45) is 0 Å². The van der Waals surface area contributed by atoms with Crippen LogP contribution < -0.4 is 5.73 Å². The van der Waals surface area contributed by atoms with Gasteiger partial charge < -0.3 is 10.6 Å². The number of nitrogens with two attached hydrogens (primary N) is 1. The largest absolute Gasteiger partial charge is 0.381 e. The monoisotopic (exact) mass is 225 g/mol. The maximum Gasteiger partial charge on any atom is 0.256 e. The van der Waals surface area contributed by atoms with Crippen molar-refractivity contribution in [3.63, 3.8) is 0 Å². The number of amides is 1. The third-order valence-corrected chi connectivity index (χ3v) is 2.34. The van der Waals surface area contributed by atoms with E-state index in [0.29, 0.717) is 6.54 Å². The van der Waals surface area contributed by atoms with E-state index in [0.717, 1.165) is 12.8 Å². The molecule has 1 heterocycles. The number of carbonyl (C=O) groups is 1. The maximum atomic E-state index is 13.5. The van der Waals surface area contributed by atoms with E-state index in [1.807, 2.05) is 6.92 Å². The average Bonchev–Trinajstić information content (AvgIpc) is 2.28. The lowest BCUT2D eigenvalue weighted by Crippen LogP contribution is -2.28. The van der Waals surface area contributed by atoms with E-state index in [4.69, 9.17) is 5.73 Å². The van der Waals surface area contributed by atoms with Crippen molar-refractivity contribution in [2.75, 3.05) is 19.3 Å². The molecule has 16 heavy (non-hydrogen) atoms. The second-order valence-corrected chi connectivity index (χ2v) is 3.64. The van der Waals surface area contributed by atoms with Crippen molar-refractivity contribution in [3.05, 3.63) is 23.6 Å². The molecule has 0 saturated carbocycles. The molecule has 0 aliphatic carbocycles. The molecule has 88 valence electrons. The summed E-state index contributed by atoms with van der Waals surface area (Å²) in [5.41, 5.74) is 5.28. The summed E-state index contributed by atoms with van der Waals surface area (Å²) in [5, 5.41) is 0. The summed E-state index contributed by atoms with van der Waals surface area (Å²) in [5.74, 6) is -1.34. The summed E-state index contributed by atoms with van der Waals surface area (Å²) >= 11 is 0. The zero-order valence-corrected chi connectivity index (χ0v) is 9.53. The van der Waals surface area contributed by atoms with Crippen LogP contribution in [0.3, 0.4) is 0 Å². The van der Waals surface area contributed by atoms with Crippen LogP contribution in [0.15, 0.2) is 12.3 Å². The number of aromatic nitrogens is 1. The van der Waals surface area contributed by atoms with Crippen molar-refractivity contribution in [2.45, 2.75) is 19.8 Å². The van der Waals surface area contributed by atoms with E-state index in [-0.39, 0.29) is 17.3 Å². The lowest BCUT2D eigenvalue weighted by Gasteiger charge is -2.17. The number of pyridine rings is 1. The summed E-state index contributed by atoms with van der Waals surface area (Å²) in [7, 11) is 1.65. The first-order valence-electron chi connectivity index (χ1n) is 5.23. The highest BCUT2D eigenvalue weighted by Crippen LogP contribution is 2.13. The van der Waals surface area contributed by atoms with Crippen LogP contribution >= 0.6 is 0 Å². The molecule has 0 aliphatic heterocycles. The Kier molecular flexibility index (Phi) is 4.22. The van der Waals surface area contributed by atoms with Gasteiger partial charge in [-0.2, -0.15) is 0 Å². The lowest BCUT2D eigenvalue weighted by atomic mass is 10.2. The average molecular weight is 225 g/mol. The van der Waals surface area contributed by atoms with Gasteiger partial charge >= 0.3 is 0 Å². The number of hydrogen-bond donors (Lipinski definition) is 1. The zero-order valence-electron chi connectivity index (χ0n) is 9.53. The predicted octanol–water partition coefficient (Wildman–Crippen LogP) is 1.68. The lowest BCUT2D eigenvalue weighted by molar-refractivity contribution is 0.0788. The second kappa shape index (κ2) is 5.44. The predicted molar refractivity (Wildman–Crippen MR) is 60.5 cm³/mol. The first-order valence-corrected chi connectivity index (χ1v) is 5.23. The molecule has 1 aromatic rings. The van der Waals surface area contributed by atoms with Crippen LogP contribution in [0.2, 0.25) is 0 Å². The summed E-state index contributed by atoms with van der Waals surface area (Å²) in [6.45, 7) is 2.64. The van der Waals surface area contributed by atoms with Crippen molar-refractivity contribution < 1.29 is 9.18 Å². The summed E-state index contributed by atoms with van der Waals surface area (Å²) in [4.78, 5) is 16.9. The highest BCUT2D eigenvalue weighted by Gasteiger charge is 2.17. The molecule has 1 amide bonds. The van der Waals surface area contributed by atoms with Gasteiger partial charge in [0.15, 0.2) is 11.6 Å².